The molecular formula is C19H24N4O2. The molecule has 3 rings (SSSR count). The van der Waals surface area contributed by atoms with Crippen molar-refractivity contribution in [3.63, 3.8) is 0 Å². The third-order valence-corrected chi connectivity index (χ3v) is 4.57. The van der Waals surface area contributed by atoms with Crippen LogP contribution in [0.4, 0.5) is 0 Å². The zero-order valence-electron chi connectivity index (χ0n) is 14.8. The van der Waals surface area contributed by atoms with Crippen molar-refractivity contribution in [2.45, 2.75) is 32.9 Å². The highest BCUT2D eigenvalue weighted by molar-refractivity contribution is 5.92. The van der Waals surface area contributed by atoms with Gasteiger partial charge in [-0.05, 0) is 18.1 Å². The summed E-state index contributed by atoms with van der Waals surface area (Å²) < 4.78 is 1.80. The van der Waals surface area contributed by atoms with Crippen molar-refractivity contribution < 1.29 is 9.59 Å². The van der Waals surface area contributed by atoms with E-state index in [4.69, 9.17) is 0 Å². The van der Waals surface area contributed by atoms with Gasteiger partial charge in [0.2, 0.25) is 5.91 Å². The number of aryl methyl sites for hydroxylation is 1. The summed E-state index contributed by atoms with van der Waals surface area (Å²) in [5.41, 5.74) is 1.52. The van der Waals surface area contributed by atoms with E-state index in [0.717, 1.165) is 18.5 Å². The molecule has 1 aromatic carbocycles. The number of hydrogen-bond donors (Lipinski definition) is 0. The predicted molar refractivity (Wildman–Crippen MR) is 95.0 cm³/mol. The van der Waals surface area contributed by atoms with Crippen molar-refractivity contribution >= 4 is 11.8 Å². The van der Waals surface area contributed by atoms with E-state index in [-0.39, 0.29) is 17.9 Å². The Labute approximate surface area is 148 Å². The maximum atomic E-state index is 12.8. The number of aromatic nitrogens is 2. The molecule has 1 aromatic heterocycles. The second-order valence-electron chi connectivity index (χ2n) is 6.35. The van der Waals surface area contributed by atoms with Crippen molar-refractivity contribution in [3.05, 3.63) is 53.9 Å². The van der Waals surface area contributed by atoms with Crippen LogP contribution >= 0.6 is 0 Å². The number of rotatable bonds is 4. The summed E-state index contributed by atoms with van der Waals surface area (Å²) in [5, 5.41) is 4.37. The molecular weight excluding hydrogens is 316 g/mol. The van der Waals surface area contributed by atoms with Crippen LogP contribution in [-0.2, 0) is 11.3 Å². The molecule has 1 fully saturated rings. The molecule has 25 heavy (non-hydrogen) atoms. The van der Waals surface area contributed by atoms with Gasteiger partial charge in [-0.25, -0.2) is 0 Å². The molecule has 0 aliphatic carbocycles. The van der Waals surface area contributed by atoms with Gasteiger partial charge in [-0.1, -0.05) is 37.3 Å². The van der Waals surface area contributed by atoms with Crippen LogP contribution in [0.5, 0.6) is 0 Å². The van der Waals surface area contributed by atoms with E-state index in [1.54, 1.807) is 22.6 Å². The fourth-order valence-electron chi connectivity index (χ4n) is 3.30. The van der Waals surface area contributed by atoms with E-state index in [1.807, 2.05) is 41.4 Å². The highest BCUT2D eigenvalue weighted by atomic mass is 16.2. The molecule has 1 aliphatic heterocycles. The van der Waals surface area contributed by atoms with Crippen LogP contribution < -0.4 is 0 Å². The minimum Gasteiger partial charge on any atom is -0.333 e. The first-order valence-corrected chi connectivity index (χ1v) is 8.75. The van der Waals surface area contributed by atoms with Crippen LogP contribution in [0, 0.1) is 0 Å². The molecule has 1 aliphatic rings. The van der Waals surface area contributed by atoms with Crippen LogP contribution in [0.25, 0.3) is 0 Å². The lowest BCUT2D eigenvalue weighted by Gasteiger charge is -2.41. The Bertz CT molecular complexity index is 741. The molecule has 6 heteroatoms. The number of carbonyl (C=O) groups is 2. The topological polar surface area (TPSA) is 58.4 Å². The quantitative estimate of drug-likeness (QED) is 0.858. The maximum absolute atomic E-state index is 12.8. The molecule has 1 atom stereocenters. The molecule has 0 bridgehead atoms. The van der Waals surface area contributed by atoms with Crippen molar-refractivity contribution in [2.75, 3.05) is 19.6 Å². The Morgan fingerprint density at radius 2 is 1.92 bits per heavy atom. The molecule has 0 N–H and O–H groups in total. The van der Waals surface area contributed by atoms with Crippen LogP contribution in [-0.4, -0.2) is 51.0 Å². The predicted octanol–water partition coefficient (Wildman–Crippen LogP) is 2.34. The first-order valence-electron chi connectivity index (χ1n) is 8.75. The highest BCUT2D eigenvalue weighted by Gasteiger charge is 2.32. The van der Waals surface area contributed by atoms with Gasteiger partial charge < -0.3 is 9.80 Å². The van der Waals surface area contributed by atoms with Gasteiger partial charge in [0.05, 0.1) is 6.04 Å². The van der Waals surface area contributed by atoms with E-state index in [2.05, 4.69) is 12.0 Å². The number of amides is 2. The number of nitrogens with zero attached hydrogens (tertiary/aromatic N) is 4. The third-order valence-electron chi connectivity index (χ3n) is 4.57. The van der Waals surface area contributed by atoms with Crippen molar-refractivity contribution in [1.82, 2.24) is 19.6 Å². The number of carbonyl (C=O) groups excluding carboxylic acids is 2. The summed E-state index contributed by atoms with van der Waals surface area (Å²) >= 11 is 0. The molecule has 2 amide bonds. The summed E-state index contributed by atoms with van der Waals surface area (Å²) in [6, 6.07) is 11.5. The van der Waals surface area contributed by atoms with Gasteiger partial charge >= 0.3 is 0 Å². The molecule has 0 radical (unpaired) electrons. The summed E-state index contributed by atoms with van der Waals surface area (Å²) in [7, 11) is 0. The van der Waals surface area contributed by atoms with E-state index >= 15 is 0 Å². The Hall–Kier alpha value is -2.63. The highest BCUT2D eigenvalue weighted by Crippen LogP contribution is 2.26. The molecule has 0 spiro atoms. The summed E-state index contributed by atoms with van der Waals surface area (Å²) in [4.78, 5) is 28.5. The van der Waals surface area contributed by atoms with Gasteiger partial charge in [-0.15, -0.1) is 0 Å². The molecule has 6 nitrogen and oxygen atoms in total. The molecule has 2 aromatic rings. The first kappa shape index (κ1) is 17.2. The zero-order valence-corrected chi connectivity index (χ0v) is 14.8. The average Bonchev–Trinajstić information content (AvgIpc) is 3.10. The van der Waals surface area contributed by atoms with Gasteiger partial charge in [0.15, 0.2) is 0 Å². The van der Waals surface area contributed by atoms with Crippen molar-refractivity contribution in [2.24, 2.45) is 0 Å². The largest absolute Gasteiger partial charge is 0.333 e. The van der Waals surface area contributed by atoms with E-state index in [0.29, 0.717) is 25.3 Å². The number of benzene rings is 1. The van der Waals surface area contributed by atoms with Crippen LogP contribution in [0.2, 0.25) is 0 Å². The molecule has 2 heterocycles. The Balaban J connectivity index is 1.79. The van der Waals surface area contributed by atoms with Crippen LogP contribution in [0.15, 0.2) is 42.6 Å². The minimum absolute atomic E-state index is 0.0353. The monoisotopic (exact) mass is 340 g/mol. The Morgan fingerprint density at radius 3 is 2.60 bits per heavy atom. The fourth-order valence-corrected chi connectivity index (χ4v) is 3.30. The van der Waals surface area contributed by atoms with Gasteiger partial charge in [0.1, 0.15) is 5.69 Å². The number of hydrogen-bond acceptors (Lipinski definition) is 3. The molecule has 0 unspecified atom stereocenters. The van der Waals surface area contributed by atoms with Crippen molar-refractivity contribution in [3.8, 4) is 0 Å². The summed E-state index contributed by atoms with van der Waals surface area (Å²) in [6.45, 7) is 6.02. The zero-order chi connectivity index (χ0) is 17.8. The first-order chi connectivity index (χ1) is 12.1. The van der Waals surface area contributed by atoms with Crippen LogP contribution in [0.3, 0.4) is 0 Å². The third kappa shape index (κ3) is 3.73. The summed E-state index contributed by atoms with van der Waals surface area (Å²) in [6.07, 6.45) is 2.82. The van der Waals surface area contributed by atoms with Gasteiger partial charge in [0.25, 0.3) is 5.91 Å². The van der Waals surface area contributed by atoms with Gasteiger partial charge in [-0.3, -0.25) is 14.3 Å². The molecule has 0 saturated carbocycles. The normalized spacial score (nSPS) is 17.6. The average molecular weight is 340 g/mol. The van der Waals surface area contributed by atoms with E-state index in [1.165, 1.54) is 0 Å². The molecule has 1 saturated heterocycles. The standard InChI is InChI=1S/C19H24N4O2/c1-3-10-22-11-9-17(20-22)19(25)21-12-13-23(15(2)24)18(14-21)16-7-5-4-6-8-16/h4-9,11,18H,3,10,12-14H2,1-2H3/t18-/m0/s1. The van der Waals surface area contributed by atoms with Crippen LogP contribution in [0.1, 0.15) is 42.4 Å². The summed E-state index contributed by atoms with van der Waals surface area (Å²) in [5.74, 6) is -0.0350. The van der Waals surface area contributed by atoms with E-state index in [9.17, 15) is 9.59 Å². The molecule has 132 valence electrons. The lowest BCUT2D eigenvalue weighted by atomic mass is 10.0. The maximum Gasteiger partial charge on any atom is 0.274 e. The van der Waals surface area contributed by atoms with Gasteiger partial charge in [-0.2, -0.15) is 5.10 Å². The fraction of sp³-hybridized carbons (Fsp3) is 0.421. The second-order valence-corrected chi connectivity index (χ2v) is 6.35. The van der Waals surface area contributed by atoms with Crippen molar-refractivity contribution in [1.29, 1.82) is 0 Å². The number of piperazine rings is 1. The lowest BCUT2D eigenvalue weighted by Crippen LogP contribution is -2.51. The van der Waals surface area contributed by atoms with E-state index < -0.39 is 0 Å². The lowest BCUT2D eigenvalue weighted by molar-refractivity contribution is -0.133. The Kier molecular flexibility index (Phi) is 5.16. The minimum atomic E-state index is -0.117. The Morgan fingerprint density at radius 1 is 1.16 bits per heavy atom. The smallest absolute Gasteiger partial charge is 0.274 e. The second kappa shape index (κ2) is 7.51. The SMILES string of the molecule is CCCn1ccc(C(=O)N2CCN(C(C)=O)[C@H](c3ccccc3)C2)n1. The van der Waals surface area contributed by atoms with Gasteiger partial charge in [0, 0.05) is 39.3 Å².